The van der Waals surface area contributed by atoms with Gasteiger partial charge in [-0.25, -0.2) is 8.42 Å². The summed E-state index contributed by atoms with van der Waals surface area (Å²) in [5, 5.41) is 0. The van der Waals surface area contributed by atoms with Gasteiger partial charge in [0.05, 0.1) is 10.5 Å². The Balaban J connectivity index is 3.16. The quantitative estimate of drug-likeness (QED) is 0.830. The van der Waals surface area contributed by atoms with Gasteiger partial charge in [-0.3, -0.25) is 4.79 Å². The van der Waals surface area contributed by atoms with E-state index in [2.05, 4.69) is 4.72 Å². The predicted molar refractivity (Wildman–Crippen MR) is 74.2 cm³/mol. The van der Waals surface area contributed by atoms with Gasteiger partial charge in [-0.1, -0.05) is 26.3 Å². The molecule has 3 N–H and O–H groups in total. The van der Waals surface area contributed by atoms with Gasteiger partial charge in [-0.2, -0.15) is 17.9 Å². The second kappa shape index (κ2) is 6.66. The summed E-state index contributed by atoms with van der Waals surface area (Å²) in [7, 11) is -4.29. The lowest BCUT2D eigenvalue weighted by atomic mass is 10.00. The first kappa shape index (κ1) is 18.4. The van der Waals surface area contributed by atoms with E-state index in [1.807, 2.05) is 0 Å². The molecule has 0 aliphatic rings. The van der Waals surface area contributed by atoms with E-state index in [-0.39, 0.29) is 0 Å². The smallest absolute Gasteiger partial charge is 0.368 e. The maximum atomic E-state index is 12.6. The van der Waals surface area contributed by atoms with Crippen LogP contribution >= 0.6 is 0 Å². The fraction of sp³-hybridized carbons (Fsp3) is 0.462. The van der Waals surface area contributed by atoms with E-state index >= 15 is 0 Å². The normalized spacial score (nSPS) is 15.3. The average molecular weight is 338 g/mol. The maximum Gasteiger partial charge on any atom is 0.416 e. The van der Waals surface area contributed by atoms with Gasteiger partial charge in [0, 0.05) is 0 Å². The first-order valence-corrected chi connectivity index (χ1v) is 7.96. The summed E-state index contributed by atoms with van der Waals surface area (Å²) < 4.78 is 64.3. The lowest BCUT2D eigenvalue weighted by Gasteiger charge is -2.21. The number of carbonyl (C=O) groups excluding carboxylic acids is 1. The molecule has 2 atom stereocenters. The minimum atomic E-state index is -4.66. The molecule has 0 bridgehead atoms. The van der Waals surface area contributed by atoms with Gasteiger partial charge in [0.25, 0.3) is 0 Å². The van der Waals surface area contributed by atoms with Gasteiger partial charge in [0.2, 0.25) is 15.9 Å². The van der Waals surface area contributed by atoms with Crippen molar-refractivity contribution in [3.63, 3.8) is 0 Å². The van der Waals surface area contributed by atoms with E-state index in [0.29, 0.717) is 12.5 Å². The van der Waals surface area contributed by atoms with Gasteiger partial charge < -0.3 is 5.73 Å². The Morgan fingerprint density at radius 1 is 1.36 bits per heavy atom. The SMILES string of the molecule is CC[C@@H](C)[C@@H](NS(=O)(=O)c1cccc(C(F)(F)F)c1)C(N)=O. The van der Waals surface area contributed by atoms with E-state index in [1.165, 1.54) is 0 Å². The summed E-state index contributed by atoms with van der Waals surface area (Å²) in [5.74, 6) is -1.28. The summed E-state index contributed by atoms with van der Waals surface area (Å²) in [6, 6.07) is 2.09. The highest BCUT2D eigenvalue weighted by atomic mass is 32.2. The lowest BCUT2D eigenvalue weighted by molar-refractivity contribution is -0.137. The maximum absolute atomic E-state index is 12.6. The molecule has 0 unspecified atom stereocenters. The number of alkyl halides is 3. The molecule has 124 valence electrons. The molecule has 0 saturated carbocycles. The molecule has 1 rings (SSSR count). The van der Waals surface area contributed by atoms with Crippen molar-refractivity contribution < 1.29 is 26.4 Å². The van der Waals surface area contributed by atoms with Crippen LogP contribution in [0.25, 0.3) is 0 Å². The molecular weight excluding hydrogens is 321 g/mol. The van der Waals surface area contributed by atoms with Crippen molar-refractivity contribution in [2.45, 2.75) is 37.4 Å². The summed E-state index contributed by atoms with van der Waals surface area (Å²) in [6.07, 6.45) is -4.19. The first-order valence-electron chi connectivity index (χ1n) is 6.48. The molecule has 1 aromatic carbocycles. The van der Waals surface area contributed by atoms with E-state index in [1.54, 1.807) is 13.8 Å². The van der Waals surface area contributed by atoms with Crippen LogP contribution in [0.15, 0.2) is 29.2 Å². The molecule has 0 aliphatic heterocycles. The Bertz CT molecular complexity index is 644. The molecular formula is C13H17F3N2O3S. The summed E-state index contributed by atoms with van der Waals surface area (Å²) in [5.41, 5.74) is 4.06. The number of hydrogen-bond donors (Lipinski definition) is 2. The third-order valence-electron chi connectivity index (χ3n) is 3.27. The second-order valence-electron chi connectivity index (χ2n) is 4.91. The molecule has 0 fully saturated rings. The number of rotatable bonds is 6. The highest BCUT2D eigenvalue weighted by molar-refractivity contribution is 7.89. The van der Waals surface area contributed by atoms with Crippen LogP contribution in [0.4, 0.5) is 13.2 Å². The van der Waals surface area contributed by atoms with Gasteiger partial charge in [-0.05, 0) is 24.1 Å². The minimum Gasteiger partial charge on any atom is -0.368 e. The number of hydrogen-bond acceptors (Lipinski definition) is 3. The highest BCUT2D eigenvalue weighted by Gasteiger charge is 2.33. The van der Waals surface area contributed by atoms with Crippen molar-refractivity contribution in [3.05, 3.63) is 29.8 Å². The number of halogens is 3. The lowest BCUT2D eigenvalue weighted by Crippen LogP contribution is -2.48. The number of amides is 1. The van der Waals surface area contributed by atoms with Gasteiger partial charge in [0.1, 0.15) is 6.04 Å². The Kier molecular flexibility index (Phi) is 5.58. The largest absolute Gasteiger partial charge is 0.416 e. The Hall–Kier alpha value is -1.61. The van der Waals surface area contributed by atoms with Crippen molar-refractivity contribution >= 4 is 15.9 Å². The fourth-order valence-electron chi connectivity index (χ4n) is 1.77. The van der Waals surface area contributed by atoms with Gasteiger partial charge in [-0.15, -0.1) is 0 Å². The molecule has 0 aliphatic carbocycles. The number of primary amides is 1. The number of nitrogens with two attached hydrogens (primary N) is 1. The van der Waals surface area contributed by atoms with Crippen molar-refractivity contribution in [2.24, 2.45) is 11.7 Å². The van der Waals surface area contributed by atoms with Crippen molar-refractivity contribution in [1.29, 1.82) is 0 Å². The standard InChI is InChI=1S/C13H17F3N2O3S/c1-3-8(2)11(12(17)19)18-22(20,21)10-6-4-5-9(7-10)13(14,15)16/h4-8,11,18H,3H2,1-2H3,(H2,17,19)/t8-,11-/m1/s1. The van der Waals surface area contributed by atoms with Crippen molar-refractivity contribution in [3.8, 4) is 0 Å². The number of benzene rings is 1. The first-order chi connectivity index (χ1) is 9.99. The number of carbonyl (C=O) groups is 1. The second-order valence-corrected chi connectivity index (χ2v) is 6.63. The molecule has 5 nitrogen and oxygen atoms in total. The van der Waals surface area contributed by atoms with Crippen LogP contribution in [0.5, 0.6) is 0 Å². The Morgan fingerprint density at radius 3 is 2.41 bits per heavy atom. The zero-order valence-electron chi connectivity index (χ0n) is 12.0. The zero-order chi connectivity index (χ0) is 17.1. The van der Waals surface area contributed by atoms with Crippen LogP contribution in [-0.4, -0.2) is 20.4 Å². The summed E-state index contributed by atoms with van der Waals surface area (Å²) in [4.78, 5) is 10.8. The van der Waals surface area contributed by atoms with Crippen molar-refractivity contribution in [1.82, 2.24) is 4.72 Å². The topological polar surface area (TPSA) is 89.3 Å². The monoisotopic (exact) mass is 338 g/mol. The molecule has 22 heavy (non-hydrogen) atoms. The van der Waals surface area contributed by atoms with Crippen LogP contribution in [0, 0.1) is 5.92 Å². The number of sulfonamides is 1. The van der Waals surface area contributed by atoms with E-state index in [9.17, 15) is 26.4 Å². The zero-order valence-corrected chi connectivity index (χ0v) is 12.8. The molecule has 0 radical (unpaired) electrons. The minimum absolute atomic E-state index is 0.391. The van der Waals surface area contributed by atoms with Crippen molar-refractivity contribution in [2.75, 3.05) is 0 Å². The van der Waals surface area contributed by atoms with Crippen LogP contribution in [-0.2, 0) is 21.0 Å². The third kappa shape index (κ3) is 4.44. The summed E-state index contributed by atoms with van der Waals surface area (Å²) >= 11 is 0. The molecule has 0 aromatic heterocycles. The molecule has 0 spiro atoms. The van der Waals surface area contributed by atoms with E-state index in [4.69, 9.17) is 5.73 Å². The van der Waals surface area contributed by atoms with Crippen LogP contribution in [0.2, 0.25) is 0 Å². The fourth-order valence-corrected chi connectivity index (χ4v) is 3.12. The molecule has 0 heterocycles. The van der Waals surface area contributed by atoms with Gasteiger partial charge in [0.15, 0.2) is 0 Å². The predicted octanol–water partition coefficient (Wildman–Crippen LogP) is 1.88. The van der Waals surface area contributed by atoms with E-state index in [0.717, 1.165) is 18.2 Å². The van der Waals surface area contributed by atoms with Crippen LogP contribution in [0.3, 0.4) is 0 Å². The Labute approximate surface area is 126 Å². The molecule has 0 saturated heterocycles. The van der Waals surface area contributed by atoms with Gasteiger partial charge >= 0.3 is 6.18 Å². The third-order valence-corrected chi connectivity index (χ3v) is 4.71. The average Bonchev–Trinajstić information content (AvgIpc) is 2.43. The van der Waals surface area contributed by atoms with Crippen LogP contribution in [0.1, 0.15) is 25.8 Å². The molecule has 1 aromatic rings. The number of nitrogens with one attached hydrogen (secondary N) is 1. The highest BCUT2D eigenvalue weighted by Crippen LogP contribution is 2.30. The summed E-state index contributed by atoms with van der Waals surface area (Å²) in [6.45, 7) is 3.35. The molecule has 1 amide bonds. The Morgan fingerprint density at radius 2 is 1.95 bits per heavy atom. The van der Waals surface area contributed by atoms with E-state index < -0.39 is 44.5 Å². The molecule has 9 heteroatoms. The van der Waals surface area contributed by atoms with Crippen LogP contribution < -0.4 is 10.5 Å².